The van der Waals surface area contributed by atoms with Gasteiger partial charge in [0.15, 0.2) is 0 Å². The Labute approximate surface area is 162 Å². The lowest BCUT2D eigenvalue weighted by molar-refractivity contribution is -0.146. The molecule has 0 bridgehead atoms. The minimum absolute atomic E-state index is 0.00594. The maximum Gasteiger partial charge on any atom is 0.306 e. The molecule has 1 aliphatic heterocycles. The van der Waals surface area contributed by atoms with Gasteiger partial charge in [0.05, 0.1) is 30.4 Å². The third kappa shape index (κ3) is 5.09. The Morgan fingerprint density at radius 3 is 2.74 bits per heavy atom. The summed E-state index contributed by atoms with van der Waals surface area (Å²) in [6, 6.07) is 5.78. The summed E-state index contributed by atoms with van der Waals surface area (Å²) in [5, 5.41) is 0.644. The first-order valence-electron chi connectivity index (χ1n) is 9.13. The molecule has 0 radical (unpaired) electrons. The standard InChI is InChI=1S/C19H24N2O5S/c1-3-25-18(23)7-6-17(22)21-10-8-13(9-11-21)26-19-20-15-12-14(24-2)4-5-16(15)27-19/h4-5,12-13H,3,6-11H2,1-2H3. The van der Waals surface area contributed by atoms with Crippen LogP contribution in [0.2, 0.25) is 0 Å². The number of benzene rings is 1. The van der Waals surface area contributed by atoms with E-state index >= 15 is 0 Å². The molecule has 2 aromatic rings. The lowest BCUT2D eigenvalue weighted by Gasteiger charge is -2.31. The van der Waals surface area contributed by atoms with Gasteiger partial charge in [-0.15, -0.1) is 0 Å². The Balaban J connectivity index is 1.48. The molecule has 3 rings (SSSR count). The number of hydrogen-bond donors (Lipinski definition) is 0. The zero-order valence-electron chi connectivity index (χ0n) is 15.6. The van der Waals surface area contributed by atoms with E-state index in [1.54, 1.807) is 18.9 Å². The number of aromatic nitrogens is 1. The highest BCUT2D eigenvalue weighted by Gasteiger charge is 2.25. The Morgan fingerprint density at radius 1 is 1.26 bits per heavy atom. The summed E-state index contributed by atoms with van der Waals surface area (Å²) >= 11 is 1.51. The van der Waals surface area contributed by atoms with E-state index in [9.17, 15) is 9.59 Å². The molecule has 0 aliphatic carbocycles. The molecule has 1 aromatic heterocycles. The van der Waals surface area contributed by atoms with E-state index in [-0.39, 0.29) is 30.8 Å². The van der Waals surface area contributed by atoms with Gasteiger partial charge >= 0.3 is 5.97 Å². The maximum atomic E-state index is 12.2. The van der Waals surface area contributed by atoms with Crippen LogP contribution in [-0.4, -0.2) is 54.7 Å². The Hall–Kier alpha value is -2.35. The highest BCUT2D eigenvalue weighted by molar-refractivity contribution is 7.20. The van der Waals surface area contributed by atoms with E-state index in [1.165, 1.54) is 11.3 Å². The zero-order valence-corrected chi connectivity index (χ0v) is 16.4. The minimum Gasteiger partial charge on any atom is -0.497 e. The van der Waals surface area contributed by atoms with Gasteiger partial charge in [-0.2, -0.15) is 0 Å². The first kappa shape index (κ1) is 19.4. The van der Waals surface area contributed by atoms with Crippen LogP contribution in [-0.2, 0) is 14.3 Å². The molecule has 0 atom stereocenters. The quantitative estimate of drug-likeness (QED) is 0.674. The number of ether oxygens (including phenoxy) is 3. The van der Waals surface area contributed by atoms with Crippen molar-refractivity contribution >= 4 is 33.4 Å². The average Bonchev–Trinajstić information content (AvgIpc) is 3.08. The first-order valence-corrected chi connectivity index (χ1v) is 9.95. The van der Waals surface area contributed by atoms with Crippen molar-refractivity contribution < 1.29 is 23.8 Å². The van der Waals surface area contributed by atoms with E-state index in [2.05, 4.69) is 4.98 Å². The molecular formula is C19H24N2O5S. The molecule has 27 heavy (non-hydrogen) atoms. The molecule has 1 aliphatic rings. The van der Waals surface area contributed by atoms with Crippen LogP contribution in [0.4, 0.5) is 0 Å². The van der Waals surface area contributed by atoms with Crippen molar-refractivity contribution in [2.75, 3.05) is 26.8 Å². The number of hydrogen-bond acceptors (Lipinski definition) is 7. The zero-order chi connectivity index (χ0) is 19.2. The van der Waals surface area contributed by atoms with Gasteiger partial charge in [-0.1, -0.05) is 11.3 Å². The number of fused-ring (bicyclic) bond motifs is 1. The largest absolute Gasteiger partial charge is 0.497 e. The summed E-state index contributed by atoms with van der Waals surface area (Å²) < 4.78 is 17.2. The van der Waals surface area contributed by atoms with Gasteiger partial charge in [0.1, 0.15) is 11.9 Å². The van der Waals surface area contributed by atoms with Crippen molar-refractivity contribution in [2.24, 2.45) is 0 Å². The molecule has 0 spiro atoms. The molecule has 0 N–H and O–H groups in total. The Morgan fingerprint density at radius 2 is 2.04 bits per heavy atom. The fourth-order valence-electron chi connectivity index (χ4n) is 3.03. The van der Waals surface area contributed by atoms with E-state index in [0.717, 1.165) is 28.8 Å². The topological polar surface area (TPSA) is 78.0 Å². The molecule has 1 amide bonds. The predicted molar refractivity (Wildman–Crippen MR) is 102 cm³/mol. The van der Waals surface area contributed by atoms with Gasteiger partial charge in [-0.05, 0) is 19.1 Å². The third-order valence-corrected chi connectivity index (χ3v) is 5.41. The van der Waals surface area contributed by atoms with Crippen molar-refractivity contribution in [3.63, 3.8) is 0 Å². The summed E-state index contributed by atoms with van der Waals surface area (Å²) in [6.07, 6.45) is 1.89. The molecular weight excluding hydrogens is 368 g/mol. The van der Waals surface area contributed by atoms with Crippen LogP contribution in [0.25, 0.3) is 10.2 Å². The van der Waals surface area contributed by atoms with Gasteiger partial charge in [0, 0.05) is 38.4 Å². The van der Waals surface area contributed by atoms with Crippen LogP contribution < -0.4 is 9.47 Å². The van der Waals surface area contributed by atoms with E-state index in [4.69, 9.17) is 14.2 Å². The minimum atomic E-state index is -0.323. The van der Waals surface area contributed by atoms with Crippen molar-refractivity contribution in [1.29, 1.82) is 0 Å². The number of likely N-dealkylation sites (tertiary alicyclic amines) is 1. The highest BCUT2D eigenvalue weighted by atomic mass is 32.1. The molecule has 146 valence electrons. The van der Waals surface area contributed by atoms with Crippen LogP contribution in [0.5, 0.6) is 10.9 Å². The monoisotopic (exact) mass is 392 g/mol. The molecule has 0 saturated carbocycles. The SMILES string of the molecule is CCOC(=O)CCC(=O)N1CCC(Oc2nc3cc(OC)ccc3s2)CC1. The Bertz CT molecular complexity index is 798. The van der Waals surface area contributed by atoms with Crippen molar-refractivity contribution in [1.82, 2.24) is 9.88 Å². The van der Waals surface area contributed by atoms with Crippen molar-refractivity contribution in [3.8, 4) is 10.9 Å². The summed E-state index contributed by atoms with van der Waals surface area (Å²) in [5.74, 6) is 0.444. The number of nitrogens with zero attached hydrogens (tertiary/aromatic N) is 2. The van der Waals surface area contributed by atoms with E-state index in [0.29, 0.717) is 24.9 Å². The second kappa shape index (κ2) is 9.03. The predicted octanol–water partition coefficient (Wildman–Crippen LogP) is 3.02. The van der Waals surface area contributed by atoms with Gasteiger partial charge < -0.3 is 19.1 Å². The van der Waals surface area contributed by atoms with Gasteiger partial charge in [-0.25, -0.2) is 4.98 Å². The maximum absolute atomic E-state index is 12.2. The van der Waals surface area contributed by atoms with Crippen LogP contribution in [0.1, 0.15) is 32.6 Å². The summed E-state index contributed by atoms with van der Waals surface area (Å²) in [6.45, 7) is 3.36. The van der Waals surface area contributed by atoms with Crippen LogP contribution in [0, 0.1) is 0 Å². The van der Waals surface area contributed by atoms with Crippen molar-refractivity contribution in [3.05, 3.63) is 18.2 Å². The van der Waals surface area contributed by atoms with E-state index < -0.39 is 0 Å². The Kier molecular flexibility index (Phi) is 6.49. The molecule has 2 heterocycles. The number of thiazole rings is 1. The first-order chi connectivity index (χ1) is 13.1. The van der Waals surface area contributed by atoms with Crippen LogP contribution in [0.15, 0.2) is 18.2 Å². The number of carbonyl (C=O) groups is 2. The highest BCUT2D eigenvalue weighted by Crippen LogP contribution is 2.32. The number of piperidine rings is 1. The number of amides is 1. The summed E-state index contributed by atoms with van der Waals surface area (Å²) in [7, 11) is 1.63. The third-order valence-electron chi connectivity index (χ3n) is 4.49. The van der Waals surface area contributed by atoms with Crippen molar-refractivity contribution in [2.45, 2.75) is 38.7 Å². The van der Waals surface area contributed by atoms with Gasteiger partial charge in [0.25, 0.3) is 5.19 Å². The fraction of sp³-hybridized carbons (Fsp3) is 0.526. The van der Waals surface area contributed by atoms with Gasteiger partial charge in [0.2, 0.25) is 5.91 Å². The van der Waals surface area contributed by atoms with E-state index in [1.807, 2.05) is 18.2 Å². The molecule has 1 fully saturated rings. The molecule has 7 nitrogen and oxygen atoms in total. The molecule has 0 unspecified atom stereocenters. The number of methoxy groups -OCH3 is 1. The van der Waals surface area contributed by atoms with Gasteiger partial charge in [-0.3, -0.25) is 9.59 Å². The summed E-state index contributed by atoms with van der Waals surface area (Å²) in [5.41, 5.74) is 0.862. The second-order valence-electron chi connectivity index (χ2n) is 6.32. The number of carbonyl (C=O) groups excluding carboxylic acids is 2. The average molecular weight is 392 g/mol. The van der Waals surface area contributed by atoms with Crippen LogP contribution >= 0.6 is 11.3 Å². The molecule has 1 aromatic carbocycles. The number of rotatable bonds is 7. The lowest BCUT2D eigenvalue weighted by atomic mass is 10.1. The molecule has 1 saturated heterocycles. The fourth-order valence-corrected chi connectivity index (χ4v) is 3.89. The normalized spacial score (nSPS) is 15.0. The smallest absolute Gasteiger partial charge is 0.306 e. The summed E-state index contributed by atoms with van der Waals surface area (Å²) in [4.78, 5) is 29.9. The second-order valence-corrected chi connectivity index (χ2v) is 7.31. The number of esters is 1. The lowest BCUT2D eigenvalue weighted by Crippen LogP contribution is -2.41. The molecule has 8 heteroatoms. The van der Waals surface area contributed by atoms with Crippen LogP contribution in [0.3, 0.4) is 0 Å².